The number of carbonyl (C=O) groups is 1. The van der Waals surface area contributed by atoms with Gasteiger partial charge in [-0.05, 0) is 50.1 Å². The molecule has 27 heavy (non-hydrogen) atoms. The zero-order valence-corrected chi connectivity index (χ0v) is 17.5. The zero-order chi connectivity index (χ0) is 19.4. The van der Waals surface area contributed by atoms with Crippen LogP contribution in [0.2, 0.25) is 0 Å². The summed E-state index contributed by atoms with van der Waals surface area (Å²) in [5.41, 5.74) is 3.29. The molecule has 0 unspecified atom stereocenters. The average Bonchev–Trinajstić information content (AvgIpc) is 2.97. The van der Waals surface area contributed by atoms with Gasteiger partial charge < -0.3 is 4.90 Å². The van der Waals surface area contributed by atoms with Gasteiger partial charge in [0.05, 0.1) is 10.9 Å². The maximum atomic E-state index is 12.9. The Morgan fingerprint density at radius 2 is 1.70 bits per heavy atom. The number of hydrogen-bond acceptors (Lipinski definition) is 4. The lowest BCUT2D eigenvalue weighted by molar-refractivity contribution is -0.123. The second kappa shape index (κ2) is 8.72. The van der Waals surface area contributed by atoms with E-state index >= 15 is 0 Å². The molecule has 1 aliphatic rings. The van der Waals surface area contributed by atoms with Gasteiger partial charge in [-0.1, -0.05) is 66.4 Å². The van der Waals surface area contributed by atoms with E-state index < -0.39 is 0 Å². The van der Waals surface area contributed by atoms with Gasteiger partial charge in [0.25, 0.3) is 5.91 Å². The fourth-order valence-corrected chi connectivity index (χ4v) is 4.63. The third-order valence-electron chi connectivity index (χ3n) is 4.81. The normalized spacial score (nSPS) is 16.9. The minimum atomic E-state index is -0.0744. The summed E-state index contributed by atoms with van der Waals surface area (Å²) in [4.78, 5) is 17.6. The van der Waals surface area contributed by atoms with Crippen molar-refractivity contribution in [3.63, 3.8) is 0 Å². The first-order chi connectivity index (χ1) is 13.0. The van der Waals surface area contributed by atoms with Crippen molar-refractivity contribution in [3.05, 3.63) is 70.6 Å². The molecule has 0 aromatic heterocycles. The Labute approximate surface area is 171 Å². The van der Waals surface area contributed by atoms with E-state index in [9.17, 15) is 4.79 Å². The van der Waals surface area contributed by atoms with Crippen molar-refractivity contribution in [1.82, 2.24) is 4.90 Å². The molecule has 2 aromatic carbocycles. The lowest BCUT2D eigenvalue weighted by Gasteiger charge is -2.23. The molecule has 0 N–H and O–H groups in total. The second-order valence-electron chi connectivity index (χ2n) is 6.40. The van der Waals surface area contributed by atoms with Crippen LogP contribution in [0, 0.1) is 0 Å². The van der Waals surface area contributed by atoms with Crippen molar-refractivity contribution in [2.45, 2.75) is 26.8 Å². The van der Waals surface area contributed by atoms with Gasteiger partial charge in [-0.2, -0.15) is 0 Å². The summed E-state index contributed by atoms with van der Waals surface area (Å²) in [5, 5.41) is 0. The smallest absolute Gasteiger partial charge is 0.266 e. The number of thioether (sulfide) groups is 1. The summed E-state index contributed by atoms with van der Waals surface area (Å²) in [6.45, 7) is 8.27. The van der Waals surface area contributed by atoms with Gasteiger partial charge in [0, 0.05) is 18.8 Å². The van der Waals surface area contributed by atoms with Gasteiger partial charge in [0.2, 0.25) is 0 Å². The topological polar surface area (TPSA) is 23.6 Å². The SMILES string of the molecule is CCN(CC)c1ccc(/C=C2\SC(=S)N([C@H](C)c3ccccc3)C2=O)cc1. The number of benzene rings is 2. The maximum absolute atomic E-state index is 12.9. The van der Waals surface area contributed by atoms with Crippen molar-refractivity contribution in [2.75, 3.05) is 18.0 Å². The van der Waals surface area contributed by atoms with Gasteiger partial charge in [0.1, 0.15) is 4.32 Å². The highest BCUT2D eigenvalue weighted by Gasteiger charge is 2.35. The van der Waals surface area contributed by atoms with Crippen molar-refractivity contribution in [2.24, 2.45) is 0 Å². The van der Waals surface area contributed by atoms with Gasteiger partial charge >= 0.3 is 0 Å². The van der Waals surface area contributed by atoms with Crippen LogP contribution in [-0.2, 0) is 4.79 Å². The first-order valence-electron chi connectivity index (χ1n) is 9.22. The van der Waals surface area contributed by atoms with E-state index in [0.717, 1.165) is 24.2 Å². The van der Waals surface area contributed by atoms with Gasteiger partial charge in [-0.25, -0.2) is 0 Å². The highest BCUT2D eigenvalue weighted by Crippen LogP contribution is 2.38. The van der Waals surface area contributed by atoms with Crippen LogP contribution in [0.5, 0.6) is 0 Å². The van der Waals surface area contributed by atoms with E-state index in [1.807, 2.05) is 43.3 Å². The van der Waals surface area contributed by atoms with Crippen molar-refractivity contribution in [3.8, 4) is 0 Å². The summed E-state index contributed by atoms with van der Waals surface area (Å²) in [7, 11) is 0. The van der Waals surface area contributed by atoms with Crippen LogP contribution in [0.25, 0.3) is 6.08 Å². The van der Waals surface area contributed by atoms with Crippen molar-refractivity contribution in [1.29, 1.82) is 0 Å². The molecule has 3 nitrogen and oxygen atoms in total. The van der Waals surface area contributed by atoms with Crippen LogP contribution in [0.4, 0.5) is 5.69 Å². The average molecular weight is 397 g/mol. The third kappa shape index (κ3) is 4.25. The lowest BCUT2D eigenvalue weighted by Crippen LogP contribution is -2.30. The van der Waals surface area contributed by atoms with Gasteiger partial charge in [0.15, 0.2) is 0 Å². The quantitative estimate of drug-likeness (QED) is 0.475. The number of hydrogen-bond donors (Lipinski definition) is 0. The van der Waals surface area contributed by atoms with Crippen LogP contribution in [-0.4, -0.2) is 28.2 Å². The number of carbonyl (C=O) groups excluding carboxylic acids is 1. The van der Waals surface area contributed by atoms with E-state index in [2.05, 4.69) is 43.0 Å². The number of nitrogens with zero attached hydrogens (tertiary/aromatic N) is 2. The minimum absolute atomic E-state index is 0.0193. The predicted octanol–water partition coefficient (Wildman–Crippen LogP) is 5.50. The summed E-state index contributed by atoms with van der Waals surface area (Å²) in [5.74, 6) is -0.0193. The van der Waals surface area contributed by atoms with E-state index in [4.69, 9.17) is 12.2 Å². The molecule has 0 aliphatic carbocycles. The molecule has 0 radical (unpaired) electrons. The van der Waals surface area contributed by atoms with Gasteiger partial charge in [-0.15, -0.1) is 0 Å². The first-order valence-corrected chi connectivity index (χ1v) is 10.4. The molecule has 1 aliphatic heterocycles. The highest BCUT2D eigenvalue weighted by molar-refractivity contribution is 8.26. The Kier molecular flexibility index (Phi) is 6.34. The molecule has 2 aromatic rings. The Morgan fingerprint density at radius 3 is 2.30 bits per heavy atom. The Hall–Kier alpha value is -2.11. The molecule has 0 spiro atoms. The van der Waals surface area contributed by atoms with Crippen LogP contribution < -0.4 is 4.90 Å². The molecule has 1 heterocycles. The number of amides is 1. The Bertz CT molecular complexity index is 842. The molecule has 1 saturated heterocycles. The van der Waals surface area contributed by atoms with Crippen LogP contribution in [0.3, 0.4) is 0 Å². The monoisotopic (exact) mass is 396 g/mol. The van der Waals surface area contributed by atoms with Crippen molar-refractivity contribution >= 4 is 46.0 Å². The molecule has 0 saturated carbocycles. The number of thiocarbonyl (C=S) groups is 1. The molecular weight excluding hydrogens is 372 g/mol. The lowest BCUT2D eigenvalue weighted by atomic mass is 10.1. The Morgan fingerprint density at radius 1 is 1.07 bits per heavy atom. The molecule has 3 rings (SSSR count). The summed E-state index contributed by atoms with van der Waals surface area (Å²) < 4.78 is 0.613. The number of anilines is 1. The standard InChI is InChI=1S/C22H24N2OS2/c1-4-23(5-2)19-13-11-17(12-14-19)15-20-21(25)24(22(26)27-20)16(3)18-9-7-6-8-10-18/h6-16H,4-5H2,1-3H3/b20-15-/t16-/m1/s1. The highest BCUT2D eigenvalue weighted by atomic mass is 32.2. The molecule has 1 amide bonds. The molecule has 140 valence electrons. The van der Waals surface area contributed by atoms with E-state index in [-0.39, 0.29) is 11.9 Å². The minimum Gasteiger partial charge on any atom is -0.372 e. The summed E-state index contributed by atoms with van der Waals surface area (Å²) in [6.07, 6.45) is 1.93. The van der Waals surface area contributed by atoms with Gasteiger partial charge in [-0.3, -0.25) is 9.69 Å². The predicted molar refractivity (Wildman–Crippen MR) is 120 cm³/mol. The zero-order valence-electron chi connectivity index (χ0n) is 15.9. The first kappa shape index (κ1) is 19.6. The second-order valence-corrected chi connectivity index (χ2v) is 8.08. The molecular formula is C22H24N2OS2. The van der Waals surface area contributed by atoms with E-state index in [1.165, 1.54) is 17.4 Å². The summed E-state index contributed by atoms with van der Waals surface area (Å²) >= 11 is 6.87. The fourth-order valence-electron chi connectivity index (χ4n) is 3.22. The molecule has 1 fully saturated rings. The van der Waals surface area contributed by atoms with E-state index in [0.29, 0.717) is 9.23 Å². The molecule has 1 atom stereocenters. The van der Waals surface area contributed by atoms with E-state index in [1.54, 1.807) is 4.90 Å². The number of rotatable bonds is 6. The summed E-state index contributed by atoms with van der Waals surface area (Å²) in [6, 6.07) is 18.2. The van der Waals surface area contributed by atoms with Crippen LogP contribution in [0.15, 0.2) is 59.5 Å². The Balaban J connectivity index is 1.80. The largest absolute Gasteiger partial charge is 0.372 e. The fraction of sp³-hybridized carbons (Fsp3) is 0.273. The molecule has 0 bridgehead atoms. The van der Waals surface area contributed by atoms with Crippen molar-refractivity contribution < 1.29 is 4.79 Å². The molecule has 5 heteroatoms. The van der Waals surface area contributed by atoms with Crippen LogP contribution in [0.1, 0.15) is 37.9 Å². The van der Waals surface area contributed by atoms with Crippen LogP contribution >= 0.6 is 24.0 Å². The maximum Gasteiger partial charge on any atom is 0.266 e. The third-order valence-corrected chi connectivity index (χ3v) is 6.14.